The van der Waals surface area contributed by atoms with Crippen molar-refractivity contribution >= 4 is 23.3 Å². The molecule has 1 unspecified atom stereocenters. The maximum absolute atomic E-state index is 13.8. The molecule has 5 nitrogen and oxygen atoms in total. The molecule has 0 bridgehead atoms. The molecule has 1 N–H and O–H groups in total. The van der Waals surface area contributed by atoms with E-state index in [1.807, 2.05) is 60.4 Å². The lowest BCUT2D eigenvalue weighted by atomic mass is 9.89. The first-order valence-electron chi connectivity index (χ1n) is 10.7. The van der Waals surface area contributed by atoms with Crippen molar-refractivity contribution in [3.63, 3.8) is 0 Å². The van der Waals surface area contributed by atoms with Crippen molar-refractivity contribution in [2.24, 2.45) is 5.92 Å². The van der Waals surface area contributed by atoms with Gasteiger partial charge in [0.25, 0.3) is 5.91 Å². The van der Waals surface area contributed by atoms with Crippen LogP contribution in [0.2, 0.25) is 5.02 Å². The normalized spacial score (nSPS) is 18.6. The van der Waals surface area contributed by atoms with E-state index in [0.29, 0.717) is 23.0 Å². The number of nitrogens with zero attached hydrogens (tertiary/aromatic N) is 3. The monoisotopic (exact) mass is 434 g/mol. The van der Waals surface area contributed by atoms with Crippen molar-refractivity contribution < 1.29 is 4.79 Å². The van der Waals surface area contributed by atoms with Gasteiger partial charge in [0.15, 0.2) is 0 Å². The van der Waals surface area contributed by atoms with Gasteiger partial charge in [-0.15, -0.1) is 0 Å². The zero-order chi connectivity index (χ0) is 21.8. The van der Waals surface area contributed by atoms with Crippen LogP contribution in [-0.2, 0) is 0 Å². The number of anilines is 1. The predicted octanol–water partition coefficient (Wildman–Crippen LogP) is 5.46. The molecule has 0 aliphatic carbocycles. The number of hydrogen-bond acceptors (Lipinski definition) is 4. The summed E-state index contributed by atoms with van der Waals surface area (Å²) in [6.07, 6.45) is 5.50. The molecule has 1 fully saturated rings. The van der Waals surface area contributed by atoms with Crippen molar-refractivity contribution in [3.05, 3.63) is 77.1 Å². The van der Waals surface area contributed by atoms with E-state index < -0.39 is 0 Å². The SMILES string of the molecule is Cc1ccc(-c2ccccn2)c(C(=O)N2CCC[C@@H](C)C2CNc2ccc(Cl)cn2)c1. The van der Waals surface area contributed by atoms with E-state index in [-0.39, 0.29) is 11.9 Å². The van der Waals surface area contributed by atoms with Crippen LogP contribution in [0.1, 0.15) is 35.7 Å². The summed E-state index contributed by atoms with van der Waals surface area (Å²) in [5, 5.41) is 4.00. The van der Waals surface area contributed by atoms with Gasteiger partial charge in [-0.2, -0.15) is 0 Å². The second kappa shape index (κ2) is 9.48. The Morgan fingerprint density at radius 1 is 1.19 bits per heavy atom. The Bertz CT molecular complexity index is 1040. The van der Waals surface area contributed by atoms with Crippen molar-refractivity contribution in [3.8, 4) is 11.3 Å². The van der Waals surface area contributed by atoms with Crippen molar-refractivity contribution in [2.75, 3.05) is 18.4 Å². The van der Waals surface area contributed by atoms with Gasteiger partial charge in [-0.25, -0.2) is 4.98 Å². The molecule has 1 aromatic carbocycles. The molecule has 0 radical (unpaired) electrons. The Morgan fingerprint density at radius 2 is 2.06 bits per heavy atom. The second-order valence-electron chi connectivity index (χ2n) is 8.19. The topological polar surface area (TPSA) is 58.1 Å². The molecule has 1 aliphatic rings. The highest BCUT2D eigenvalue weighted by Crippen LogP contribution is 2.29. The van der Waals surface area contributed by atoms with Gasteiger partial charge >= 0.3 is 0 Å². The minimum Gasteiger partial charge on any atom is -0.368 e. The highest BCUT2D eigenvalue weighted by atomic mass is 35.5. The number of halogens is 1. The maximum Gasteiger partial charge on any atom is 0.254 e. The summed E-state index contributed by atoms with van der Waals surface area (Å²) >= 11 is 5.95. The van der Waals surface area contributed by atoms with Crippen LogP contribution in [0.25, 0.3) is 11.3 Å². The minimum atomic E-state index is 0.0618. The standard InChI is InChI=1S/C25H27ClN4O/c1-17-8-10-20(22-7-3-4-12-27-22)21(14-17)25(31)30-13-5-6-18(2)23(30)16-29-24-11-9-19(26)15-28-24/h3-4,7-12,14-15,18,23H,5-6,13,16H2,1-2H3,(H,28,29)/t18-,23?/m1/s1. The van der Waals surface area contributed by atoms with Gasteiger partial charge in [0.05, 0.1) is 16.8 Å². The van der Waals surface area contributed by atoms with Gasteiger partial charge in [0.1, 0.15) is 5.82 Å². The van der Waals surface area contributed by atoms with E-state index in [1.165, 1.54) is 0 Å². The van der Waals surface area contributed by atoms with Gasteiger partial charge < -0.3 is 10.2 Å². The number of hydrogen-bond donors (Lipinski definition) is 1. The molecule has 4 rings (SSSR count). The third-order valence-electron chi connectivity index (χ3n) is 5.94. The fraction of sp³-hybridized carbons (Fsp3) is 0.320. The number of rotatable bonds is 5. The smallest absolute Gasteiger partial charge is 0.254 e. The fourth-order valence-corrected chi connectivity index (χ4v) is 4.35. The summed E-state index contributed by atoms with van der Waals surface area (Å²) in [4.78, 5) is 24.6. The van der Waals surface area contributed by atoms with Gasteiger partial charge in [0, 0.05) is 36.6 Å². The summed E-state index contributed by atoms with van der Waals surface area (Å²) in [7, 11) is 0. The van der Waals surface area contributed by atoms with Gasteiger partial charge in [-0.05, 0) is 56.0 Å². The molecule has 31 heavy (non-hydrogen) atoms. The van der Waals surface area contributed by atoms with E-state index in [0.717, 1.165) is 42.0 Å². The molecule has 2 atom stereocenters. The van der Waals surface area contributed by atoms with Crippen LogP contribution in [0.5, 0.6) is 0 Å². The highest BCUT2D eigenvalue weighted by Gasteiger charge is 2.33. The first kappa shape index (κ1) is 21.3. The molecule has 3 heterocycles. The summed E-state index contributed by atoms with van der Waals surface area (Å²) in [6, 6.07) is 15.6. The predicted molar refractivity (Wildman–Crippen MR) is 125 cm³/mol. The number of carbonyl (C=O) groups excluding carboxylic acids is 1. The highest BCUT2D eigenvalue weighted by molar-refractivity contribution is 6.30. The van der Waals surface area contributed by atoms with Crippen LogP contribution < -0.4 is 5.32 Å². The molecule has 3 aromatic rings. The Labute approximate surface area is 188 Å². The number of carbonyl (C=O) groups is 1. The third kappa shape index (κ3) is 4.88. The van der Waals surface area contributed by atoms with Gasteiger partial charge in [-0.1, -0.05) is 42.3 Å². The van der Waals surface area contributed by atoms with Crippen molar-refractivity contribution in [1.29, 1.82) is 0 Å². The molecule has 0 spiro atoms. The number of piperidine rings is 1. The Hall–Kier alpha value is -2.92. The zero-order valence-corrected chi connectivity index (χ0v) is 18.6. The van der Waals surface area contributed by atoms with Crippen LogP contribution >= 0.6 is 11.6 Å². The lowest BCUT2D eigenvalue weighted by Crippen LogP contribution is -2.51. The van der Waals surface area contributed by atoms with E-state index in [2.05, 4.69) is 22.2 Å². The van der Waals surface area contributed by atoms with Crippen molar-refractivity contribution in [2.45, 2.75) is 32.7 Å². The summed E-state index contributed by atoms with van der Waals surface area (Å²) < 4.78 is 0. The minimum absolute atomic E-state index is 0.0618. The number of likely N-dealkylation sites (tertiary alicyclic amines) is 1. The second-order valence-corrected chi connectivity index (χ2v) is 8.63. The lowest BCUT2D eigenvalue weighted by Gasteiger charge is -2.40. The van der Waals surface area contributed by atoms with Gasteiger partial charge in [-0.3, -0.25) is 9.78 Å². The molecule has 160 valence electrons. The third-order valence-corrected chi connectivity index (χ3v) is 6.17. The summed E-state index contributed by atoms with van der Waals surface area (Å²) in [5.74, 6) is 1.21. The number of benzene rings is 1. The molecule has 6 heteroatoms. The largest absolute Gasteiger partial charge is 0.368 e. The number of aromatic nitrogens is 2. The molecule has 2 aromatic heterocycles. The Morgan fingerprint density at radius 3 is 2.81 bits per heavy atom. The van der Waals surface area contributed by atoms with E-state index in [1.54, 1.807) is 12.4 Å². The molecule has 0 saturated carbocycles. The molecular formula is C25H27ClN4O. The first-order chi connectivity index (χ1) is 15.0. The molecular weight excluding hydrogens is 408 g/mol. The van der Waals surface area contributed by atoms with E-state index >= 15 is 0 Å². The summed E-state index contributed by atoms with van der Waals surface area (Å²) in [5.41, 5.74) is 3.46. The molecule has 1 saturated heterocycles. The quantitative estimate of drug-likeness (QED) is 0.579. The van der Waals surface area contributed by atoms with Crippen LogP contribution in [0.15, 0.2) is 60.9 Å². The fourth-order valence-electron chi connectivity index (χ4n) is 4.24. The lowest BCUT2D eigenvalue weighted by molar-refractivity contribution is 0.0540. The van der Waals surface area contributed by atoms with E-state index in [4.69, 9.17) is 11.6 Å². The zero-order valence-electron chi connectivity index (χ0n) is 17.9. The Balaban J connectivity index is 1.61. The van der Waals surface area contributed by atoms with Crippen LogP contribution in [0, 0.1) is 12.8 Å². The number of nitrogens with one attached hydrogen (secondary N) is 1. The maximum atomic E-state index is 13.8. The van der Waals surface area contributed by atoms with Crippen LogP contribution in [0.3, 0.4) is 0 Å². The average Bonchev–Trinajstić information content (AvgIpc) is 2.79. The Kier molecular flexibility index (Phi) is 6.52. The number of aryl methyl sites for hydroxylation is 1. The first-order valence-corrected chi connectivity index (χ1v) is 11.1. The molecule has 1 amide bonds. The summed E-state index contributed by atoms with van der Waals surface area (Å²) in [6.45, 7) is 5.63. The van der Waals surface area contributed by atoms with Crippen molar-refractivity contribution in [1.82, 2.24) is 14.9 Å². The van der Waals surface area contributed by atoms with Crippen LogP contribution in [-0.4, -0.2) is 39.9 Å². The average molecular weight is 435 g/mol. The van der Waals surface area contributed by atoms with E-state index in [9.17, 15) is 4.79 Å². The van der Waals surface area contributed by atoms with Crippen LogP contribution in [0.4, 0.5) is 5.82 Å². The van der Waals surface area contributed by atoms with Gasteiger partial charge in [0.2, 0.25) is 0 Å². The number of pyridine rings is 2. The molecule has 1 aliphatic heterocycles. The number of amides is 1.